The molecule has 2 nitrogen and oxygen atoms in total. The van der Waals surface area contributed by atoms with Crippen LogP contribution in [-0.2, 0) is 16.5 Å². The predicted octanol–water partition coefficient (Wildman–Crippen LogP) is 4.14. The molecule has 1 N–H and O–H groups in total. The van der Waals surface area contributed by atoms with Gasteiger partial charge in [-0.1, -0.05) is 50.1 Å². The smallest absolute Gasteiger partial charge is 0.0978 e. The molecule has 0 fully saturated rings. The van der Waals surface area contributed by atoms with Crippen LogP contribution >= 0.6 is 0 Å². The van der Waals surface area contributed by atoms with Crippen molar-refractivity contribution in [1.29, 1.82) is 0 Å². The summed E-state index contributed by atoms with van der Waals surface area (Å²) in [6.07, 6.45) is 3.27. The number of rotatable bonds is 6. The highest BCUT2D eigenvalue weighted by Gasteiger charge is 2.31. The van der Waals surface area contributed by atoms with Gasteiger partial charge in [0, 0.05) is 0 Å². The van der Waals surface area contributed by atoms with Crippen LogP contribution in [0, 0.1) is 0 Å². The van der Waals surface area contributed by atoms with Crippen LogP contribution in [-0.4, -0.2) is 8.96 Å². The Morgan fingerprint density at radius 2 is 1.68 bits per heavy atom. The van der Waals surface area contributed by atoms with Gasteiger partial charge < -0.3 is 0 Å². The largest absolute Gasteiger partial charge is 0.242 e. The van der Waals surface area contributed by atoms with Gasteiger partial charge in [-0.15, -0.1) is 0 Å². The van der Waals surface area contributed by atoms with Crippen molar-refractivity contribution in [3.63, 3.8) is 0 Å². The maximum Gasteiger partial charge on any atom is 0.0978 e. The van der Waals surface area contributed by atoms with Gasteiger partial charge in [-0.2, -0.15) is 0 Å². The third-order valence-electron chi connectivity index (χ3n) is 3.32. The van der Waals surface area contributed by atoms with E-state index in [0.29, 0.717) is 0 Å². The molecule has 0 heterocycles. The molecule has 0 aromatic heterocycles. The van der Waals surface area contributed by atoms with E-state index in [2.05, 4.69) is 30.7 Å². The lowest BCUT2D eigenvalue weighted by atomic mass is 9.88. The molecule has 0 saturated heterocycles. The van der Waals surface area contributed by atoms with E-state index < -0.39 is 11.0 Å². The van der Waals surface area contributed by atoms with Crippen LogP contribution < -0.4 is 4.72 Å². The van der Waals surface area contributed by atoms with Gasteiger partial charge in [0.1, 0.15) is 0 Å². The van der Waals surface area contributed by atoms with Crippen LogP contribution in [0.25, 0.3) is 0 Å². The van der Waals surface area contributed by atoms with Crippen molar-refractivity contribution < 1.29 is 4.21 Å². The molecule has 0 aliphatic rings. The molecule has 1 rings (SSSR count). The average Bonchev–Trinajstić information content (AvgIpc) is 2.36. The Kier molecular flexibility index (Phi) is 5.75. The molecule has 0 aliphatic heterocycles. The first kappa shape index (κ1) is 16.4. The fourth-order valence-corrected chi connectivity index (χ4v) is 2.88. The van der Waals surface area contributed by atoms with E-state index in [4.69, 9.17) is 0 Å². The average molecular weight is 281 g/mol. The normalized spacial score (nSPS) is 16.9. The topological polar surface area (TPSA) is 29.1 Å². The van der Waals surface area contributed by atoms with Gasteiger partial charge in [-0.3, -0.25) is 0 Å². The first-order chi connectivity index (χ1) is 8.79. The van der Waals surface area contributed by atoms with Crippen molar-refractivity contribution >= 4 is 11.0 Å². The van der Waals surface area contributed by atoms with Crippen molar-refractivity contribution in [1.82, 2.24) is 4.72 Å². The van der Waals surface area contributed by atoms with Gasteiger partial charge in [-0.25, -0.2) is 8.93 Å². The summed E-state index contributed by atoms with van der Waals surface area (Å²) in [5, 5.41) is 0. The molecule has 0 aliphatic carbocycles. The molecule has 2 atom stereocenters. The molecule has 0 saturated carbocycles. The second-order valence-corrected chi connectivity index (χ2v) is 8.25. The number of benzene rings is 1. The number of hydrogen-bond donors (Lipinski definition) is 1. The summed E-state index contributed by atoms with van der Waals surface area (Å²) in [6.45, 7) is 10.3. The highest BCUT2D eigenvalue weighted by atomic mass is 32.2. The summed E-state index contributed by atoms with van der Waals surface area (Å²) < 4.78 is 15.5. The zero-order valence-electron chi connectivity index (χ0n) is 12.8. The van der Waals surface area contributed by atoms with Gasteiger partial charge in [-0.05, 0) is 39.7 Å². The summed E-state index contributed by atoms with van der Waals surface area (Å²) >= 11 is 0. The van der Waals surface area contributed by atoms with E-state index in [1.807, 2.05) is 39.0 Å². The highest BCUT2D eigenvalue weighted by molar-refractivity contribution is 7.84. The molecule has 19 heavy (non-hydrogen) atoms. The van der Waals surface area contributed by atoms with Gasteiger partial charge in [0.15, 0.2) is 0 Å². The van der Waals surface area contributed by atoms with Gasteiger partial charge in [0.25, 0.3) is 0 Å². The maximum atomic E-state index is 12.4. The quantitative estimate of drug-likeness (QED) is 0.834. The Balaban J connectivity index is 2.97. The molecule has 0 bridgehead atoms. The van der Waals surface area contributed by atoms with Crippen LogP contribution in [0.2, 0.25) is 0 Å². The SMILES string of the molecule is CCCC[C@@](C)(N[S@](=O)C(C)(C)C)c1ccccc1. The molecule has 1 aromatic rings. The molecule has 0 amide bonds. The Bertz CT molecular complexity index is 411. The number of hydrogen-bond acceptors (Lipinski definition) is 1. The summed E-state index contributed by atoms with van der Waals surface area (Å²) in [7, 11) is -1.06. The lowest BCUT2D eigenvalue weighted by molar-refractivity contribution is 0.392. The standard InChI is InChI=1S/C16H27NOS/c1-6-7-13-16(5,14-11-9-8-10-12-14)17-19(18)15(2,3)4/h8-12,17H,6-7,13H2,1-5H3/t16-,19-/m1/s1. The lowest BCUT2D eigenvalue weighted by Gasteiger charge is -2.34. The third-order valence-corrected chi connectivity index (χ3v) is 5.06. The lowest BCUT2D eigenvalue weighted by Crippen LogP contribution is -2.46. The summed E-state index contributed by atoms with van der Waals surface area (Å²) in [4.78, 5) is 0. The molecule has 3 heteroatoms. The highest BCUT2D eigenvalue weighted by Crippen LogP contribution is 2.28. The second-order valence-electron chi connectivity index (χ2n) is 6.28. The van der Waals surface area contributed by atoms with Crippen molar-refractivity contribution in [3.8, 4) is 0 Å². The third kappa shape index (κ3) is 4.73. The van der Waals surface area contributed by atoms with E-state index in [-0.39, 0.29) is 10.3 Å². The minimum absolute atomic E-state index is 0.227. The van der Waals surface area contributed by atoms with Gasteiger partial charge >= 0.3 is 0 Å². The van der Waals surface area contributed by atoms with Gasteiger partial charge in [0.2, 0.25) is 0 Å². The van der Waals surface area contributed by atoms with Crippen LogP contribution in [0.4, 0.5) is 0 Å². The molecule has 1 aromatic carbocycles. The van der Waals surface area contributed by atoms with E-state index in [9.17, 15) is 4.21 Å². The van der Waals surface area contributed by atoms with Crippen LogP contribution in [0.5, 0.6) is 0 Å². The van der Waals surface area contributed by atoms with Crippen molar-refractivity contribution in [2.45, 2.75) is 64.2 Å². The minimum atomic E-state index is -1.06. The van der Waals surface area contributed by atoms with Crippen molar-refractivity contribution in [3.05, 3.63) is 35.9 Å². The van der Waals surface area contributed by atoms with E-state index in [1.54, 1.807) is 0 Å². The Morgan fingerprint density at radius 1 is 1.11 bits per heavy atom. The van der Waals surface area contributed by atoms with Crippen LogP contribution in [0.15, 0.2) is 30.3 Å². The van der Waals surface area contributed by atoms with Crippen molar-refractivity contribution in [2.24, 2.45) is 0 Å². The monoisotopic (exact) mass is 281 g/mol. The first-order valence-corrected chi connectivity index (χ1v) is 8.20. The molecule has 0 radical (unpaired) electrons. The molecule has 0 unspecified atom stereocenters. The zero-order chi connectivity index (χ0) is 14.5. The maximum absolute atomic E-state index is 12.4. The summed E-state index contributed by atoms with van der Waals surface area (Å²) in [5.41, 5.74) is 0.983. The first-order valence-electron chi connectivity index (χ1n) is 7.05. The van der Waals surface area contributed by atoms with E-state index in [0.717, 1.165) is 19.3 Å². The van der Waals surface area contributed by atoms with E-state index in [1.165, 1.54) is 5.56 Å². The minimum Gasteiger partial charge on any atom is -0.242 e. The van der Waals surface area contributed by atoms with Crippen LogP contribution in [0.3, 0.4) is 0 Å². The Morgan fingerprint density at radius 3 is 2.16 bits per heavy atom. The fraction of sp³-hybridized carbons (Fsp3) is 0.625. The van der Waals surface area contributed by atoms with Gasteiger partial charge in [0.05, 0.1) is 21.3 Å². The van der Waals surface area contributed by atoms with E-state index >= 15 is 0 Å². The predicted molar refractivity (Wildman–Crippen MR) is 84.4 cm³/mol. The number of nitrogens with one attached hydrogen (secondary N) is 1. The summed E-state index contributed by atoms with van der Waals surface area (Å²) in [5.74, 6) is 0. The molecule has 108 valence electrons. The van der Waals surface area contributed by atoms with Crippen LogP contribution in [0.1, 0.15) is 59.4 Å². The zero-order valence-corrected chi connectivity index (χ0v) is 13.6. The molecule has 0 spiro atoms. The Labute approximate surface area is 120 Å². The van der Waals surface area contributed by atoms with Crippen molar-refractivity contribution in [2.75, 3.05) is 0 Å². The fourth-order valence-electron chi connectivity index (χ4n) is 1.95. The molecular formula is C16H27NOS. The number of unbranched alkanes of at least 4 members (excludes halogenated alkanes) is 1. The Hall–Kier alpha value is -0.670. The summed E-state index contributed by atoms with van der Waals surface area (Å²) in [6, 6.07) is 10.3. The molecular weight excluding hydrogens is 254 g/mol. The second kappa shape index (κ2) is 6.67.